The van der Waals surface area contributed by atoms with Crippen LogP contribution in [-0.2, 0) is 0 Å². The first-order chi connectivity index (χ1) is 33.7. The van der Waals surface area contributed by atoms with Crippen LogP contribution < -0.4 is 0 Å². The molecule has 15 aromatic rings. The number of para-hydroxylation sites is 3. The lowest BCUT2D eigenvalue weighted by atomic mass is 9.99. The predicted molar refractivity (Wildman–Crippen MR) is 285 cm³/mol. The van der Waals surface area contributed by atoms with Gasteiger partial charge in [-0.05, 0) is 107 Å². The number of benzene rings is 10. The van der Waals surface area contributed by atoms with E-state index in [-0.39, 0.29) is 0 Å². The Morgan fingerprint density at radius 1 is 0.353 bits per heavy atom. The molecule has 0 saturated heterocycles. The maximum atomic E-state index is 6.45. The molecule has 68 heavy (non-hydrogen) atoms. The van der Waals surface area contributed by atoms with E-state index >= 15 is 0 Å². The molecule has 0 aliphatic rings. The molecule has 0 unspecified atom stereocenters. The minimum Gasteiger partial charge on any atom is -0.438 e. The summed E-state index contributed by atoms with van der Waals surface area (Å²) in [6.07, 6.45) is 0. The highest BCUT2D eigenvalue weighted by molar-refractivity contribution is 7.26. The predicted octanol–water partition coefficient (Wildman–Crippen LogP) is 17.1. The molecule has 5 nitrogen and oxygen atoms in total. The average molecular weight is 885 g/mol. The molecule has 0 bridgehead atoms. The maximum absolute atomic E-state index is 6.45. The zero-order valence-electron chi connectivity index (χ0n) is 36.4. The Morgan fingerprint density at radius 3 is 1.81 bits per heavy atom. The molecule has 6 heteroatoms. The fraction of sp³-hybridized carbons (Fsp3) is 0. The Hall–Kier alpha value is -8.84. The molecule has 0 radical (unpaired) electrons. The average Bonchev–Trinajstić information content (AvgIpc) is 4.15. The number of furan rings is 1. The van der Waals surface area contributed by atoms with Crippen LogP contribution in [0.1, 0.15) is 0 Å². The van der Waals surface area contributed by atoms with Crippen molar-refractivity contribution in [2.45, 2.75) is 0 Å². The number of hydrogen-bond acceptors (Lipinski definition) is 4. The van der Waals surface area contributed by atoms with Crippen molar-refractivity contribution in [2.75, 3.05) is 0 Å². The molecule has 10 aromatic carbocycles. The standard InChI is InChI=1S/C62H36N4OS/c1-3-14-37(15-4-1)60-59-45-21-8-11-24-55(45)67-62(59)64-61(63-60)41-16-13-19-43(32-41)66-53-30-27-39(38-26-29-52-48(33-38)44-20-7-10-23-51(44)65(52)42-17-5-2-6-18-42)34-49(53)50-35-40-28-31-57-58(47(40)36-54(50)66)46-22-9-12-25-56(46)68-57/h1-36H. The zero-order chi connectivity index (χ0) is 44.5. The van der Waals surface area contributed by atoms with E-state index in [0.29, 0.717) is 11.5 Å². The molecule has 0 saturated carbocycles. The molecule has 5 heterocycles. The maximum Gasteiger partial charge on any atom is 0.231 e. The topological polar surface area (TPSA) is 48.8 Å². The van der Waals surface area contributed by atoms with Gasteiger partial charge < -0.3 is 13.6 Å². The molecule has 0 fully saturated rings. The number of hydrogen-bond donors (Lipinski definition) is 0. The van der Waals surface area contributed by atoms with E-state index in [1.165, 1.54) is 74.6 Å². The summed E-state index contributed by atoms with van der Waals surface area (Å²) in [6, 6.07) is 78.7. The van der Waals surface area contributed by atoms with E-state index in [0.717, 1.165) is 55.6 Å². The van der Waals surface area contributed by atoms with Gasteiger partial charge in [-0.25, -0.2) is 4.98 Å². The lowest BCUT2D eigenvalue weighted by Gasteiger charge is -2.12. The summed E-state index contributed by atoms with van der Waals surface area (Å²) in [5.41, 5.74) is 13.3. The fourth-order valence-electron chi connectivity index (χ4n) is 10.9. The summed E-state index contributed by atoms with van der Waals surface area (Å²) in [5.74, 6) is 0.612. The van der Waals surface area contributed by atoms with Crippen molar-refractivity contribution in [2.24, 2.45) is 0 Å². The Bertz CT molecular complexity index is 4560. The van der Waals surface area contributed by atoms with Gasteiger partial charge in [-0.2, -0.15) is 4.98 Å². The van der Waals surface area contributed by atoms with Gasteiger partial charge in [-0.3, -0.25) is 0 Å². The molecule has 0 aliphatic heterocycles. The van der Waals surface area contributed by atoms with Crippen LogP contribution in [0.4, 0.5) is 0 Å². The molecule has 0 spiro atoms. The second-order valence-corrected chi connectivity index (χ2v) is 18.8. The smallest absolute Gasteiger partial charge is 0.231 e. The normalized spacial score (nSPS) is 12.1. The van der Waals surface area contributed by atoms with Crippen molar-refractivity contribution >= 4 is 108 Å². The van der Waals surface area contributed by atoms with Gasteiger partial charge in [0.25, 0.3) is 0 Å². The van der Waals surface area contributed by atoms with E-state index in [1.54, 1.807) is 0 Å². The quantitative estimate of drug-likeness (QED) is 0.173. The molecule has 0 N–H and O–H groups in total. The van der Waals surface area contributed by atoms with Gasteiger partial charge in [0, 0.05) is 69.6 Å². The monoisotopic (exact) mass is 884 g/mol. The summed E-state index contributed by atoms with van der Waals surface area (Å²) in [4.78, 5) is 10.5. The Kier molecular flexibility index (Phi) is 7.88. The SMILES string of the molecule is c1ccc(-c2nc(-c3cccc(-n4c5ccc(-c6ccc7c(c6)c6ccccc6n7-c6ccccc6)cc5c5cc6ccc7sc8ccccc8c7c6cc54)c3)nc3oc4ccccc4c23)cc1. The molecule has 316 valence electrons. The Balaban J connectivity index is 0.964. The lowest BCUT2D eigenvalue weighted by molar-refractivity contribution is 0.653. The first kappa shape index (κ1) is 37.4. The van der Waals surface area contributed by atoms with Crippen molar-refractivity contribution in [3.63, 3.8) is 0 Å². The van der Waals surface area contributed by atoms with E-state index in [4.69, 9.17) is 14.4 Å². The molecule has 5 aromatic heterocycles. The highest BCUT2D eigenvalue weighted by atomic mass is 32.1. The minimum atomic E-state index is 0.575. The zero-order valence-corrected chi connectivity index (χ0v) is 37.2. The molecular weight excluding hydrogens is 849 g/mol. The summed E-state index contributed by atoms with van der Waals surface area (Å²) >= 11 is 1.86. The van der Waals surface area contributed by atoms with Gasteiger partial charge in [-0.1, -0.05) is 133 Å². The van der Waals surface area contributed by atoms with Crippen LogP contribution in [0.25, 0.3) is 142 Å². The summed E-state index contributed by atoms with van der Waals surface area (Å²) in [6.45, 7) is 0. The molecular formula is C62H36N4OS. The Labute approximate surface area is 393 Å². The van der Waals surface area contributed by atoms with Crippen LogP contribution in [0.5, 0.6) is 0 Å². The first-order valence-electron chi connectivity index (χ1n) is 23.0. The van der Waals surface area contributed by atoms with Gasteiger partial charge in [0.1, 0.15) is 5.58 Å². The number of nitrogens with zero attached hydrogens (tertiary/aromatic N) is 4. The molecule has 15 rings (SSSR count). The van der Waals surface area contributed by atoms with Gasteiger partial charge >= 0.3 is 0 Å². The van der Waals surface area contributed by atoms with Crippen molar-refractivity contribution in [1.82, 2.24) is 19.1 Å². The fourth-order valence-corrected chi connectivity index (χ4v) is 12.0. The molecule has 0 amide bonds. The number of fused-ring (bicyclic) bond motifs is 14. The first-order valence-corrected chi connectivity index (χ1v) is 23.8. The van der Waals surface area contributed by atoms with Crippen LogP contribution in [0, 0.1) is 0 Å². The van der Waals surface area contributed by atoms with Crippen LogP contribution in [-0.4, -0.2) is 19.1 Å². The highest BCUT2D eigenvalue weighted by Crippen LogP contribution is 2.44. The van der Waals surface area contributed by atoms with Crippen LogP contribution in [0.2, 0.25) is 0 Å². The van der Waals surface area contributed by atoms with Gasteiger partial charge in [0.05, 0.1) is 33.1 Å². The van der Waals surface area contributed by atoms with Gasteiger partial charge in [0.15, 0.2) is 5.82 Å². The van der Waals surface area contributed by atoms with Crippen molar-refractivity contribution in [3.8, 4) is 45.1 Å². The third kappa shape index (κ3) is 5.49. The van der Waals surface area contributed by atoms with E-state index < -0.39 is 0 Å². The number of thiophene rings is 1. The number of aromatic nitrogens is 4. The van der Waals surface area contributed by atoms with Gasteiger partial charge in [-0.15, -0.1) is 11.3 Å². The second kappa shape index (κ2) is 14.3. The largest absolute Gasteiger partial charge is 0.438 e. The van der Waals surface area contributed by atoms with Crippen molar-refractivity contribution in [3.05, 3.63) is 218 Å². The van der Waals surface area contributed by atoms with Crippen LogP contribution in [0.3, 0.4) is 0 Å². The third-order valence-electron chi connectivity index (χ3n) is 13.9. The van der Waals surface area contributed by atoms with E-state index in [9.17, 15) is 0 Å². The summed E-state index contributed by atoms with van der Waals surface area (Å²) in [7, 11) is 0. The second-order valence-electron chi connectivity index (χ2n) is 17.7. The van der Waals surface area contributed by atoms with Crippen LogP contribution in [0.15, 0.2) is 223 Å². The van der Waals surface area contributed by atoms with Crippen LogP contribution >= 0.6 is 11.3 Å². The van der Waals surface area contributed by atoms with Crippen molar-refractivity contribution < 1.29 is 4.42 Å². The summed E-state index contributed by atoms with van der Waals surface area (Å²) in [5, 5.41) is 11.9. The lowest BCUT2D eigenvalue weighted by Crippen LogP contribution is -1.97. The molecule has 0 aliphatic carbocycles. The van der Waals surface area contributed by atoms with Gasteiger partial charge in [0.2, 0.25) is 5.71 Å². The van der Waals surface area contributed by atoms with Crippen molar-refractivity contribution in [1.29, 1.82) is 0 Å². The van der Waals surface area contributed by atoms with E-state index in [2.05, 4.69) is 203 Å². The minimum absolute atomic E-state index is 0.575. The third-order valence-corrected chi connectivity index (χ3v) is 15.0. The highest BCUT2D eigenvalue weighted by Gasteiger charge is 2.21. The Morgan fingerprint density at radius 2 is 0.985 bits per heavy atom. The van der Waals surface area contributed by atoms with E-state index in [1.807, 2.05) is 35.6 Å². The summed E-state index contributed by atoms with van der Waals surface area (Å²) < 4.78 is 13.8. The number of rotatable bonds is 5. The molecule has 0 atom stereocenters.